The first-order chi connectivity index (χ1) is 17.4. The zero-order chi connectivity index (χ0) is 25.7. The number of aliphatic hydroxyl groups excluding tert-OH is 1. The van der Waals surface area contributed by atoms with Gasteiger partial charge < -0.3 is 20.5 Å². The molecule has 4 atom stereocenters. The highest BCUT2D eigenvalue weighted by atomic mass is 19.1. The highest BCUT2D eigenvalue weighted by Crippen LogP contribution is 2.54. The summed E-state index contributed by atoms with van der Waals surface area (Å²) >= 11 is 0. The van der Waals surface area contributed by atoms with Gasteiger partial charge in [0.05, 0.1) is 11.6 Å². The molecule has 0 heterocycles. The predicted octanol–water partition coefficient (Wildman–Crippen LogP) is 4.41. The molecule has 1 fully saturated rings. The minimum atomic E-state index is -1.38. The van der Waals surface area contributed by atoms with E-state index < -0.39 is 35.3 Å². The summed E-state index contributed by atoms with van der Waals surface area (Å²) in [6, 6.07) is 20.3. The Labute approximate surface area is 210 Å². The van der Waals surface area contributed by atoms with E-state index in [2.05, 4.69) is 29.7 Å². The third-order valence-corrected chi connectivity index (χ3v) is 6.93. The van der Waals surface area contributed by atoms with Gasteiger partial charge >= 0.3 is 0 Å². The van der Waals surface area contributed by atoms with Gasteiger partial charge in [0.25, 0.3) is 5.91 Å². The number of amides is 1. The molecule has 0 radical (unpaired) electrons. The Kier molecular flexibility index (Phi) is 8.14. The molecule has 1 aliphatic carbocycles. The first-order valence-electron chi connectivity index (χ1n) is 12.2. The third kappa shape index (κ3) is 5.81. The Hall–Kier alpha value is -3.13. The number of hydrogen-bond acceptors (Lipinski definition) is 4. The van der Waals surface area contributed by atoms with Crippen LogP contribution in [0.3, 0.4) is 0 Å². The smallest absolute Gasteiger partial charge is 0.254 e. The molecule has 5 nitrogen and oxygen atoms in total. The molecule has 1 saturated carbocycles. The Morgan fingerprint density at radius 2 is 1.75 bits per heavy atom. The fraction of sp³-hybridized carbons (Fsp3) is 0.345. The SMILES string of the molecule is CCc1cccc(CNC[C@@H](OC)C2(NC(=O)[C@H](O)c3ccccc3)C[C@H]2c2cc(F)cc(F)c2)c1. The average Bonchev–Trinajstić information content (AvgIpc) is 3.61. The van der Waals surface area contributed by atoms with Crippen molar-refractivity contribution in [1.29, 1.82) is 0 Å². The number of benzene rings is 3. The van der Waals surface area contributed by atoms with Gasteiger partial charge in [-0.1, -0.05) is 61.5 Å². The maximum absolute atomic E-state index is 14.0. The van der Waals surface area contributed by atoms with Crippen LogP contribution in [0.4, 0.5) is 8.78 Å². The molecule has 0 spiro atoms. The molecular weight excluding hydrogens is 462 g/mol. The lowest BCUT2D eigenvalue weighted by atomic mass is 9.99. The van der Waals surface area contributed by atoms with Crippen LogP contribution in [0.25, 0.3) is 0 Å². The fourth-order valence-corrected chi connectivity index (χ4v) is 4.91. The number of nitrogens with one attached hydrogen (secondary N) is 2. The quantitative estimate of drug-likeness (QED) is 0.369. The lowest BCUT2D eigenvalue weighted by Crippen LogP contribution is -2.52. The van der Waals surface area contributed by atoms with Crippen molar-refractivity contribution in [3.63, 3.8) is 0 Å². The topological polar surface area (TPSA) is 70.6 Å². The number of ether oxygens (including phenoxy) is 1. The van der Waals surface area contributed by atoms with Crippen LogP contribution < -0.4 is 10.6 Å². The van der Waals surface area contributed by atoms with Crippen LogP contribution >= 0.6 is 0 Å². The molecule has 190 valence electrons. The number of methoxy groups -OCH3 is 1. The van der Waals surface area contributed by atoms with Crippen molar-refractivity contribution in [3.05, 3.63) is 107 Å². The zero-order valence-electron chi connectivity index (χ0n) is 20.5. The number of carbonyl (C=O) groups excluding carboxylic acids is 1. The minimum absolute atomic E-state index is 0.371. The molecule has 1 unspecified atom stereocenters. The summed E-state index contributed by atoms with van der Waals surface area (Å²) in [5, 5.41) is 17.0. The summed E-state index contributed by atoms with van der Waals surface area (Å²) in [6.07, 6.45) is -0.514. The molecule has 0 bridgehead atoms. The Morgan fingerprint density at radius 3 is 2.42 bits per heavy atom. The van der Waals surface area contributed by atoms with Crippen molar-refractivity contribution in [1.82, 2.24) is 10.6 Å². The third-order valence-electron chi connectivity index (χ3n) is 6.93. The Bertz CT molecular complexity index is 1170. The van der Waals surface area contributed by atoms with Gasteiger partial charge in [0.15, 0.2) is 6.10 Å². The minimum Gasteiger partial charge on any atom is -0.378 e. The number of rotatable bonds is 11. The molecule has 3 aromatic rings. The van der Waals surface area contributed by atoms with E-state index in [1.807, 2.05) is 12.1 Å². The van der Waals surface area contributed by atoms with E-state index in [0.717, 1.165) is 18.1 Å². The molecule has 0 aliphatic heterocycles. The van der Waals surface area contributed by atoms with Gasteiger partial charge in [-0.15, -0.1) is 0 Å². The number of carbonyl (C=O) groups is 1. The molecule has 3 aromatic carbocycles. The van der Waals surface area contributed by atoms with Crippen LogP contribution in [0.1, 0.15) is 47.6 Å². The van der Waals surface area contributed by atoms with E-state index in [4.69, 9.17) is 4.74 Å². The summed E-state index contributed by atoms with van der Waals surface area (Å²) in [7, 11) is 1.55. The number of aliphatic hydroxyl groups is 1. The number of hydrogen-bond donors (Lipinski definition) is 3. The van der Waals surface area contributed by atoms with Crippen molar-refractivity contribution in [2.24, 2.45) is 0 Å². The van der Waals surface area contributed by atoms with Crippen molar-refractivity contribution in [2.45, 2.75) is 50.0 Å². The van der Waals surface area contributed by atoms with E-state index in [9.17, 15) is 18.7 Å². The lowest BCUT2D eigenvalue weighted by Gasteiger charge is -2.30. The molecular formula is C29H32F2N2O3. The normalized spacial score (nSPS) is 20.5. The molecule has 1 aliphatic rings. The van der Waals surface area contributed by atoms with Crippen LogP contribution in [-0.2, 0) is 22.5 Å². The molecule has 36 heavy (non-hydrogen) atoms. The second kappa shape index (κ2) is 11.3. The Morgan fingerprint density at radius 1 is 1.06 bits per heavy atom. The number of halogens is 2. The fourth-order valence-electron chi connectivity index (χ4n) is 4.91. The second-order valence-electron chi connectivity index (χ2n) is 9.33. The van der Waals surface area contributed by atoms with Gasteiger partial charge in [0, 0.05) is 32.2 Å². The van der Waals surface area contributed by atoms with Crippen LogP contribution in [0.2, 0.25) is 0 Å². The molecule has 0 aromatic heterocycles. The van der Waals surface area contributed by atoms with Crippen LogP contribution in [-0.4, -0.2) is 36.3 Å². The second-order valence-corrected chi connectivity index (χ2v) is 9.33. The summed E-state index contributed by atoms with van der Waals surface area (Å²) < 4.78 is 33.8. The van der Waals surface area contributed by atoms with Gasteiger partial charge in [-0.2, -0.15) is 0 Å². The standard InChI is InChI=1S/C29H32F2N2O3/c1-3-19-8-7-9-20(12-19)17-32-18-26(36-2)29(16-25(29)22-13-23(30)15-24(31)14-22)33-28(35)27(34)21-10-5-4-6-11-21/h4-15,25-27,32,34H,3,16-18H2,1-2H3,(H,33,35)/t25-,26+,27+,29?/m0/s1. The van der Waals surface area contributed by atoms with Crippen molar-refractivity contribution in [2.75, 3.05) is 13.7 Å². The van der Waals surface area contributed by atoms with Crippen molar-refractivity contribution < 1.29 is 23.4 Å². The van der Waals surface area contributed by atoms with Gasteiger partial charge in [-0.05, 0) is 47.2 Å². The van der Waals surface area contributed by atoms with E-state index in [1.165, 1.54) is 17.7 Å². The monoisotopic (exact) mass is 494 g/mol. The summed E-state index contributed by atoms with van der Waals surface area (Å²) in [5.74, 6) is -2.31. The summed E-state index contributed by atoms with van der Waals surface area (Å²) in [5.41, 5.74) is 2.34. The summed E-state index contributed by atoms with van der Waals surface area (Å²) in [4.78, 5) is 13.1. The van der Waals surface area contributed by atoms with Gasteiger partial charge in [0.1, 0.15) is 11.6 Å². The van der Waals surface area contributed by atoms with E-state index in [1.54, 1.807) is 37.4 Å². The van der Waals surface area contributed by atoms with Crippen LogP contribution in [0.5, 0.6) is 0 Å². The van der Waals surface area contributed by atoms with Crippen LogP contribution in [0.15, 0.2) is 72.8 Å². The number of aryl methyl sites for hydroxylation is 1. The average molecular weight is 495 g/mol. The molecule has 4 rings (SSSR count). The van der Waals surface area contributed by atoms with Gasteiger partial charge in [-0.3, -0.25) is 4.79 Å². The zero-order valence-corrected chi connectivity index (χ0v) is 20.5. The molecule has 0 saturated heterocycles. The maximum Gasteiger partial charge on any atom is 0.254 e. The van der Waals surface area contributed by atoms with Gasteiger partial charge in [0.2, 0.25) is 0 Å². The van der Waals surface area contributed by atoms with Gasteiger partial charge in [-0.25, -0.2) is 8.78 Å². The molecule has 3 N–H and O–H groups in total. The van der Waals surface area contributed by atoms with Crippen molar-refractivity contribution >= 4 is 5.91 Å². The van der Waals surface area contributed by atoms with E-state index in [0.29, 0.717) is 30.6 Å². The molecule has 1 amide bonds. The van der Waals surface area contributed by atoms with E-state index >= 15 is 0 Å². The maximum atomic E-state index is 14.0. The van der Waals surface area contributed by atoms with E-state index in [-0.39, 0.29) is 5.92 Å². The first-order valence-corrected chi connectivity index (χ1v) is 12.2. The van der Waals surface area contributed by atoms with Crippen molar-refractivity contribution in [3.8, 4) is 0 Å². The largest absolute Gasteiger partial charge is 0.378 e. The lowest BCUT2D eigenvalue weighted by molar-refractivity contribution is -0.132. The highest BCUT2D eigenvalue weighted by molar-refractivity contribution is 5.83. The Balaban J connectivity index is 1.54. The predicted molar refractivity (Wildman–Crippen MR) is 134 cm³/mol. The first kappa shape index (κ1) is 25.9. The summed E-state index contributed by atoms with van der Waals surface area (Å²) in [6.45, 7) is 3.10. The highest BCUT2D eigenvalue weighted by Gasteiger charge is 2.61. The molecule has 7 heteroatoms. The van der Waals surface area contributed by atoms with Crippen LogP contribution in [0, 0.1) is 11.6 Å².